The first-order chi connectivity index (χ1) is 8.00. The molecule has 0 amide bonds. The molecule has 0 aliphatic rings. The molecule has 0 aliphatic heterocycles. The molecule has 0 saturated carbocycles. The van der Waals surface area contributed by atoms with Gasteiger partial charge in [-0.3, -0.25) is 4.55 Å². The summed E-state index contributed by atoms with van der Waals surface area (Å²) in [4.78, 5) is 0. The Labute approximate surface area is 102 Å². The van der Waals surface area contributed by atoms with E-state index in [2.05, 4.69) is 13.2 Å². The molecule has 1 atom stereocenters. The molecule has 0 bridgehead atoms. The van der Waals surface area contributed by atoms with E-state index in [0.717, 1.165) is 5.56 Å². The van der Waals surface area contributed by atoms with E-state index in [1.54, 1.807) is 18.2 Å². The van der Waals surface area contributed by atoms with Crippen LogP contribution < -0.4 is 0 Å². The summed E-state index contributed by atoms with van der Waals surface area (Å²) < 4.78 is 32.0. The zero-order valence-electron chi connectivity index (χ0n) is 9.54. The van der Waals surface area contributed by atoms with Crippen molar-refractivity contribution in [1.29, 1.82) is 0 Å². The molecular weight excluding hydrogens is 236 g/mol. The Balaban J connectivity index is 3.27. The van der Waals surface area contributed by atoms with Crippen LogP contribution in [0.4, 0.5) is 0 Å². The fourth-order valence-electron chi connectivity index (χ4n) is 1.75. The lowest BCUT2D eigenvalue weighted by Gasteiger charge is -2.15. The van der Waals surface area contributed by atoms with Crippen molar-refractivity contribution in [1.82, 2.24) is 0 Å². The summed E-state index contributed by atoms with van der Waals surface area (Å²) >= 11 is 0. The summed E-state index contributed by atoms with van der Waals surface area (Å²) in [5.41, 5.74) is 1.46. The maximum atomic E-state index is 11.4. The lowest BCUT2D eigenvalue weighted by atomic mass is 10.00. The minimum atomic E-state index is -4.13. The van der Waals surface area contributed by atoms with Crippen LogP contribution in [-0.2, 0) is 16.5 Å². The van der Waals surface area contributed by atoms with Gasteiger partial charge in [-0.2, -0.15) is 8.42 Å². The summed E-state index contributed by atoms with van der Waals surface area (Å²) in [5.74, 6) is 0. The van der Waals surface area contributed by atoms with Crippen LogP contribution >= 0.6 is 0 Å². The fraction of sp³-hybridized carbons (Fsp3) is 0.231. The van der Waals surface area contributed by atoms with Crippen LogP contribution in [0.3, 0.4) is 0 Å². The van der Waals surface area contributed by atoms with Crippen LogP contribution in [0.25, 0.3) is 0 Å². The van der Waals surface area contributed by atoms with Gasteiger partial charge in [0.1, 0.15) is 5.25 Å². The van der Waals surface area contributed by atoms with Crippen molar-refractivity contribution in [3.05, 3.63) is 60.7 Å². The van der Waals surface area contributed by atoms with E-state index < -0.39 is 15.4 Å². The van der Waals surface area contributed by atoms with Crippen molar-refractivity contribution in [2.24, 2.45) is 0 Å². The maximum Gasteiger partial charge on any atom is 0.272 e. The summed E-state index contributed by atoms with van der Waals surface area (Å²) in [5, 5.41) is -0.948. The highest BCUT2D eigenvalue weighted by atomic mass is 32.2. The molecule has 0 spiro atoms. The van der Waals surface area contributed by atoms with E-state index in [9.17, 15) is 13.0 Å². The molecule has 1 aromatic rings. The second-order valence-corrected chi connectivity index (χ2v) is 5.32. The highest BCUT2D eigenvalue weighted by molar-refractivity contribution is 7.86. The second-order valence-electron chi connectivity index (χ2n) is 3.72. The van der Waals surface area contributed by atoms with E-state index in [4.69, 9.17) is 0 Å². The Kier molecular flexibility index (Phi) is 4.66. The van der Waals surface area contributed by atoms with Gasteiger partial charge in [0.25, 0.3) is 10.1 Å². The molecule has 0 aromatic heterocycles. The van der Waals surface area contributed by atoms with E-state index in [1.165, 1.54) is 6.08 Å². The van der Waals surface area contributed by atoms with Gasteiger partial charge < -0.3 is 0 Å². The summed E-state index contributed by atoms with van der Waals surface area (Å²) in [7, 11) is -4.13. The Morgan fingerprint density at radius 2 is 1.88 bits per heavy atom. The van der Waals surface area contributed by atoms with E-state index in [1.807, 2.05) is 12.1 Å². The molecule has 0 saturated heterocycles. The minimum Gasteiger partial charge on any atom is -0.285 e. The van der Waals surface area contributed by atoms with Crippen LogP contribution in [0.5, 0.6) is 0 Å². The van der Waals surface area contributed by atoms with Crippen LogP contribution in [0.1, 0.15) is 22.8 Å². The highest BCUT2D eigenvalue weighted by Crippen LogP contribution is 2.28. The van der Waals surface area contributed by atoms with E-state index in [0.29, 0.717) is 12.0 Å². The first-order valence-corrected chi connectivity index (χ1v) is 6.77. The number of allylic oxidation sites excluding steroid dienone is 2. The Hall–Kier alpha value is -1.39. The number of hydrogen-bond donors (Lipinski definition) is 1. The molecule has 17 heavy (non-hydrogen) atoms. The van der Waals surface area contributed by atoms with Crippen molar-refractivity contribution in [3.63, 3.8) is 0 Å². The lowest BCUT2D eigenvalue weighted by molar-refractivity contribution is 0.468. The van der Waals surface area contributed by atoms with E-state index >= 15 is 0 Å². The quantitative estimate of drug-likeness (QED) is 0.625. The molecule has 0 fully saturated rings. The number of benzene rings is 1. The zero-order valence-corrected chi connectivity index (χ0v) is 10.4. The smallest absolute Gasteiger partial charge is 0.272 e. The topological polar surface area (TPSA) is 54.4 Å². The number of hydrogen-bond acceptors (Lipinski definition) is 2. The van der Waals surface area contributed by atoms with Gasteiger partial charge >= 0.3 is 0 Å². The molecule has 92 valence electrons. The molecule has 1 N–H and O–H groups in total. The Morgan fingerprint density at radius 1 is 1.24 bits per heavy atom. The predicted octanol–water partition coefficient (Wildman–Crippen LogP) is 2.92. The highest BCUT2D eigenvalue weighted by Gasteiger charge is 2.25. The molecule has 3 nitrogen and oxygen atoms in total. The van der Waals surface area contributed by atoms with Crippen molar-refractivity contribution >= 4 is 10.1 Å². The summed E-state index contributed by atoms with van der Waals surface area (Å²) in [6.45, 7) is 7.15. The molecule has 1 unspecified atom stereocenters. The molecule has 1 aromatic carbocycles. The Bertz CT molecular complexity index is 503. The van der Waals surface area contributed by atoms with Crippen LogP contribution in [0.2, 0.25) is 0 Å². The third-order valence-corrected chi connectivity index (χ3v) is 3.67. The normalized spacial score (nSPS) is 13.0. The average molecular weight is 252 g/mol. The number of rotatable bonds is 6. The first-order valence-electron chi connectivity index (χ1n) is 5.26. The predicted molar refractivity (Wildman–Crippen MR) is 69.4 cm³/mol. The van der Waals surface area contributed by atoms with Gasteiger partial charge in [-0.25, -0.2) is 0 Å². The van der Waals surface area contributed by atoms with Gasteiger partial charge in [0.15, 0.2) is 0 Å². The second kappa shape index (κ2) is 5.80. The van der Waals surface area contributed by atoms with Crippen LogP contribution in [-0.4, -0.2) is 13.0 Å². The van der Waals surface area contributed by atoms with Crippen molar-refractivity contribution in [2.45, 2.75) is 18.1 Å². The standard InChI is InChI=1S/C13H16O3S/c1-3-7-11-9-5-6-10-12(11)13(8-4-2)17(14,15)16/h3-6,9-10,13H,1-2,7-8H2,(H,14,15,16). The minimum absolute atomic E-state index is 0.187. The monoisotopic (exact) mass is 252 g/mol. The summed E-state index contributed by atoms with van der Waals surface area (Å²) in [6.07, 6.45) is 3.95. The average Bonchev–Trinajstić information content (AvgIpc) is 2.26. The third kappa shape index (κ3) is 3.54. The molecule has 4 heteroatoms. The van der Waals surface area contributed by atoms with Crippen molar-refractivity contribution in [2.75, 3.05) is 0 Å². The van der Waals surface area contributed by atoms with Crippen molar-refractivity contribution in [3.8, 4) is 0 Å². The van der Waals surface area contributed by atoms with Gasteiger partial charge in [0, 0.05) is 0 Å². The van der Waals surface area contributed by atoms with Crippen LogP contribution in [0.15, 0.2) is 49.6 Å². The van der Waals surface area contributed by atoms with Crippen LogP contribution in [0, 0.1) is 0 Å². The Morgan fingerprint density at radius 3 is 2.41 bits per heavy atom. The third-order valence-electron chi connectivity index (χ3n) is 2.51. The van der Waals surface area contributed by atoms with Crippen molar-refractivity contribution < 1.29 is 13.0 Å². The maximum absolute atomic E-state index is 11.4. The molecule has 0 radical (unpaired) electrons. The SMILES string of the molecule is C=CCc1ccccc1C(CC=C)S(=O)(=O)O. The molecule has 0 heterocycles. The fourth-order valence-corrected chi connectivity index (χ4v) is 2.68. The van der Waals surface area contributed by atoms with Gasteiger partial charge in [-0.05, 0) is 24.0 Å². The largest absolute Gasteiger partial charge is 0.285 e. The van der Waals surface area contributed by atoms with E-state index in [-0.39, 0.29) is 6.42 Å². The molecule has 0 aliphatic carbocycles. The van der Waals surface area contributed by atoms with Gasteiger partial charge in [-0.15, -0.1) is 13.2 Å². The lowest BCUT2D eigenvalue weighted by Crippen LogP contribution is -2.13. The summed E-state index contributed by atoms with van der Waals surface area (Å²) in [6, 6.07) is 7.12. The van der Waals surface area contributed by atoms with Gasteiger partial charge in [-0.1, -0.05) is 36.4 Å². The first kappa shape index (κ1) is 13.7. The van der Waals surface area contributed by atoms with Gasteiger partial charge in [0.05, 0.1) is 0 Å². The zero-order chi connectivity index (χ0) is 12.9. The molecular formula is C13H16O3S. The van der Waals surface area contributed by atoms with Gasteiger partial charge in [0.2, 0.25) is 0 Å². The molecule has 1 rings (SSSR count).